The Bertz CT molecular complexity index is 667. The summed E-state index contributed by atoms with van der Waals surface area (Å²) in [5, 5.41) is 2.97. The fourth-order valence-electron chi connectivity index (χ4n) is 2.70. The summed E-state index contributed by atoms with van der Waals surface area (Å²) in [6.07, 6.45) is 5.13. The van der Waals surface area contributed by atoms with Crippen LogP contribution in [-0.2, 0) is 6.42 Å². The van der Waals surface area contributed by atoms with Gasteiger partial charge in [-0.1, -0.05) is 0 Å². The first-order valence-electron chi connectivity index (χ1n) is 7.01. The number of aromatic nitrogens is 2. The highest BCUT2D eigenvalue weighted by Crippen LogP contribution is 2.27. The maximum Gasteiger partial charge on any atom is 0.253 e. The van der Waals surface area contributed by atoms with Crippen LogP contribution in [0.2, 0.25) is 0 Å². The van der Waals surface area contributed by atoms with Crippen molar-refractivity contribution >= 4 is 5.91 Å². The summed E-state index contributed by atoms with van der Waals surface area (Å²) in [5.74, 6) is -0.522. The molecule has 6 heteroatoms. The van der Waals surface area contributed by atoms with E-state index in [1.165, 1.54) is 12.4 Å². The van der Waals surface area contributed by atoms with Crippen LogP contribution in [0.1, 0.15) is 28.9 Å². The molecule has 4 N–H and O–H groups in total. The number of halogens is 1. The molecule has 0 aromatic carbocycles. The molecule has 0 aliphatic carbocycles. The summed E-state index contributed by atoms with van der Waals surface area (Å²) >= 11 is 0. The number of carbonyl (C=O) groups excluding carboxylic acids is 1. The molecular formula is C15H17FN4O. The van der Waals surface area contributed by atoms with Crippen molar-refractivity contribution in [1.82, 2.24) is 15.3 Å². The molecule has 0 spiro atoms. The van der Waals surface area contributed by atoms with E-state index in [-0.39, 0.29) is 11.9 Å². The zero-order valence-corrected chi connectivity index (χ0v) is 11.5. The Hall–Kier alpha value is -2.21. The van der Waals surface area contributed by atoms with Crippen molar-refractivity contribution in [2.24, 2.45) is 5.73 Å². The SMILES string of the molecule is NCCCC1Cc2[nH]c(-c3ccncc3F)cc2C(=O)N1. The number of fused-ring (bicyclic) bond motifs is 1. The summed E-state index contributed by atoms with van der Waals surface area (Å²) in [7, 11) is 0. The Morgan fingerprint density at radius 3 is 3.05 bits per heavy atom. The number of aromatic amines is 1. The van der Waals surface area contributed by atoms with E-state index in [9.17, 15) is 9.18 Å². The number of hydrogen-bond acceptors (Lipinski definition) is 3. The van der Waals surface area contributed by atoms with Gasteiger partial charge in [0.25, 0.3) is 5.91 Å². The van der Waals surface area contributed by atoms with Gasteiger partial charge in [-0.15, -0.1) is 0 Å². The Kier molecular flexibility index (Phi) is 3.70. The topological polar surface area (TPSA) is 83.8 Å². The first-order valence-corrected chi connectivity index (χ1v) is 7.01. The van der Waals surface area contributed by atoms with E-state index in [4.69, 9.17) is 5.73 Å². The van der Waals surface area contributed by atoms with Crippen molar-refractivity contribution in [2.45, 2.75) is 25.3 Å². The first-order chi connectivity index (χ1) is 10.2. The molecule has 0 saturated heterocycles. The van der Waals surface area contributed by atoms with Crippen molar-refractivity contribution in [1.29, 1.82) is 0 Å². The third kappa shape index (κ3) is 2.67. The van der Waals surface area contributed by atoms with Crippen molar-refractivity contribution in [3.05, 3.63) is 41.6 Å². The predicted molar refractivity (Wildman–Crippen MR) is 77.2 cm³/mol. The summed E-state index contributed by atoms with van der Waals surface area (Å²) < 4.78 is 13.8. The van der Waals surface area contributed by atoms with Gasteiger partial charge >= 0.3 is 0 Å². The maximum absolute atomic E-state index is 13.8. The van der Waals surface area contributed by atoms with E-state index in [0.717, 1.165) is 18.5 Å². The van der Waals surface area contributed by atoms with Gasteiger partial charge in [0.2, 0.25) is 0 Å². The lowest BCUT2D eigenvalue weighted by atomic mass is 9.98. The second-order valence-corrected chi connectivity index (χ2v) is 5.24. The Labute approximate surface area is 121 Å². The molecular weight excluding hydrogens is 271 g/mol. The third-order valence-electron chi connectivity index (χ3n) is 3.75. The van der Waals surface area contributed by atoms with Crippen LogP contribution in [0.15, 0.2) is 24.5 Å². The monoisotopic (exact) mass is 288 g/mol. The molecule has 5 nitrogen and oxygen atoms in total. The van der Waals surface area contributed by atoms with Crippen molar-refractivity contribution in [3.63, 3.8) is 0 Å². The smallest absolute Gasteiger partial charge is 0.253 e. The molecule has 1 unspecified atom stereocenters. The Morgan fingerprint density at radius 1 is 1.43 bits per heavy atom. The van der Waals surface area contributed by atoms with E-state index in [2.05, 4.69) is 15.3 Å². The van der Waals surface area contributed by atoms with Crippen LogP contribution in [0, 0.1) is 5.82 Å². The van der Waals surface area contributed by atoms with Gasteiger partial charge in [0, 0.05) is 35.6 Å². The molecule has 3 heterocycles. The molecule has 1 amide bonds. The number of rotatable bonds is 4. The fourth-order valence-corrected chi connectivity index (χ4v) is 2.70. The van der Waals surface area contributed by atoms with Gasteiger partial charge in [0.05, 0.1) is 11.8 Å². The molecule has 2 aromatic heterocycles. The molecule has 1 atom stereocenters. The summed E-state index contributed by atoms with van der Waals surface area (Å²) in [6.45, 7) is 0.609. The highest BCUT2D eigenvalue weighted by molar-refractivity contribution is 5.98. The third-order valence-corrected chi connectivity index (χ3v) is 3.75. The van der Waals surface area contributed by atoms with E-state index in [0.29, 0.717) is 29.8 Å². The van der Waals surface area contributed by atoms with Crippen LogP contribution in [0.5, 0.6) is 0 Å². The largest absolute Gasteiger partial charge is 0.358 e. The number of hydrogen-bond donors (Lipinski definition) is 3. The minimum Gasteiger partial charge on any atom is -0.358 e. The van der Waals surface area contributed by atoms with E-state index < -0.39 is 5.82 Å². The molecule has 21 heavy (non-hydrogen) atoms. The zero-order chi connectivity index (χ0) is 14.8. The van der Waals surface area contributed by atoms with Crippen LogP contribution in [0.3, 0.4) is 0 Å². The summed E-state index contributed by atoms with van der Waals surface area (Å²) in [6, 6.07) is 3.38. The van der Waals surface area contributed by atoms with E-state index in [1.807, 2.05) is 0 Å². The van der Waals surface area contributed by atoms with Gasteiger partial charge in [-0.3, -0.25) is 9.78 Å². The van der Waals surface area contributed by atoms with E-state index >= 15 is 0 Å². The molecule has 110 valence electrons. The number of pyridine rings is 1. The van der Waals surface area contributed by atoms with Crippen LogP contribution in [-0.4, -0.2) is 28.5 Å². The highest BCUT2D eigenvalue weighted by atomic mass is 19.1. The fraction of sp³-hybridized carbons (Fsp3) is 0.333. The number of carbonyl (C=O) groups is 1. The predicted octanol–water partition coefficient (Wildman–Crippen LogP) is 1.61. The molecule has 1 aliphatic heterocycles. The first kappa shape index (κ1) is 13.8. The van der Waals surface area contributed by atoms with Gasteiger partial charge < -0.3 is 16.0 Å². The number of nitrogens with one attached hydrogen (secondary N) is 2. The summed E-state index contributed by atoms with van der Waals surface area (Å²) in [4.78, 5) is 19.0. The highest BCUT2D eigenvalue weighted by Gasteiger charge is 2.26. The van der Waals surface area contributed by atoms with Crippen LogP contribution in [0.4, 0.5) is 4.39 Å². The molecule has 0 bridgehead atoms. The molecule has 3 rings (SSSR count). The summed E-state index contributed by atoms with van der Waals surface area (Å²) in [5.41, 5.74) is 7.97. The van der Waals surface area contributed by atoms with Crippen molar-refractivity contribution < 1.29 is 9.18 Å². The molecule has 0 saturated carbocycles. The second kappa shape index (κ2) is 5.65. The molecule has 2 aromatic rings. The van der Waals surface area contributed by atoms with Gasteiger partial charge in [0.1, 0.15) is 0 Å². The van der Waals surface area contributed by atoms with Crippen LogP contribution >= 0.6 is 0 Å². The van der Waals surface area contributed by atoms with Crippen LogP contribution < -0.4 is 11.1 Å². The molecule has 1 aliphatic rings. The lowest BCUT2D eigenvalue weighted by molar-refractivity contribution is 0.0922. The van der Waals surface area contributed by atoms with Gasteiger partial charge in [-0.05, 0) is 31.5 Å². The Balaban J connectivity index is 1.90. The lowest BCUT2D eigenvalue weighted by Gasteiger charge is -2.23. The standard InChI is InChI=1S/C15H17FN4O/c16-12-8-18-5-3-10(12)14-7-11-13(20-14)6-9(2-1-4-17)19-15(11)21/h3,5,7-9,20H,1-2,4,6,17H2,(H,19,21). The van der Waals surface area contributed by atoms with Gasteiger partial charge in [-0.25, -0.2) is 4.39 Å². The minimum atomic E-state index is -0.406. The quantitative estimate of drug-likeness (QED) is 0.799. The van der Waals surface area contributed by atoms with Crippen LogP contribution in [0.25, 0.3) is 11.3 Å². The lowest BCUT2D eigenvalue weighted by Crippen LogP contribution is -2.41. The number of H-pyrrole nitrogens is 1. The Morgan fingerprint density at radius 2 is 2.29 bits per heavy atom. The van der Waals surface area contributed by atoms with Gasteiger partial charge in [0.15, 0.2) is 5.82 Å². The van der Waals surface area contributed by atoms with Crippen molar-refractivity contribution in [2.75, 3.05) is 6.54 Å². The zero-order valence-electron chi connectivity index (χ0n) is 11.5. The average molecular weight is 288 g/mol. The molecule has 0 fully saturated rings. The average Bonchev–Trinajstić information content (AvgIpc) is 2.90. The minimum absolute atomic E-state index is 0.0855. The normalized spacial score (nSPS) is 17.4. The maximum atomic E-state index is 13.8. The number of nitrogens with two attached hydrogens (primary N) is 1. The van der Waals surface area contributed by atoms with E-state index in [1.54, 1.807) is 12.1 Å². The number of nitrogens with zero attached hydrogens (tertiary/aromatic N) is 1. The van der Waals surface area contributed by atoms with Crippen molar-refractivity contribution in [3.8, 4) is 11.3 Å². The second-order valence-electron chi connectivity index (χ2n) is 5.24. The molecule has 0 radical (unpaired) electrons. The van der Waals surface area contributed by atoms with Gasteiger partial charge in [-0.2, -0.15) is 0 Å². The number of amides is 1.